The van der Waals surface area contributed by atoms with Crippen molar-refractivity contribution in [1.29, 1.82) is 0 Å². The molecule has 168 valence electrons. The second-order valence-corrected chi connectivity index (χ2v) is 8.34. The van der Waals surface area contributed by atoms with Crippen molar-refractivity contribution in [3.05, 3.63) is 28.8 Å². The van der Waals surface area contributed by atoms with Gasteiger partial charge in [0.1, 0.15) is 5.75 Å². The number of hydrogen-bond donors (Lipinski definition) is 2. The van der Waals surface area contributed by atoms with Crippen LogP contribution in [0, 0.1) is 5.92 Å². The number of nitrogens with one attached hydrogen (secondary N) is 2. The second kappa shape index (κ2) is 12.6. The molecule has 8 heteroatoms. The number of carbonyl (C=O) groups is 1. The number of methoxy groups -OCH3 is 1. The van der Waals surface area contributed by atoms with Crippen LogP contribution in [0.25, 0.3) is 0 Å². The quantitative estimate of drug-likeness (QED) is 0.318. The van der Waals surface area contributed by atoms with E-state index in [1.54, 1.807) is 13.2 Å². The van der Waals surface area contributed by atoms with E-state index in [0.29, 0.717) is 17.5 Å². The van der Waals surface area contributed by atoms with Crippen molar-refractivity contribution in [3.63, 3.8) is 0 Å². The maximum absolute atomic E-state index is 12.8. The molecule has 30 heavy (non-hydrogen) atoms. The van der Waals surface area contributed by atoms with E-state index in [4.69, 9.17) is 21.3 Å². The van der Waals surface area contributed by atoms with Crippen molar-refractivity contribution in [1.82, 2.24) is 15.5 Å². The van der Waals surface area contributed by atoms with Crippen LogP contribution in [-0.4, -0.2) is 49.6 Å². The van der Waals surface area contributed by atoms with Gasteiger partial charge in [0.15, 0.2) is 5.96 Å². The number of halogens is 2. The minimum Gasteiger partial charge on any atom is -0.496 e. The highest BCUT2D eigenvalue weighted by atomic mass is 127. The first kappa shape index (κ1) is 25.0. The lowest BCUT2D eigenvalue weighted by Crippen LogP contribution is -2.45. The average molecular weight is 549 g/mol. The Balaban J connectivity index is 0.00000320. The van der Waals surface area contributed by atoms with Gasteiger partial charge in [-0.15, -0.1) is 24.0 Å². The van der Waals surface area contributed by atoms with Crippen molar-refractivity contribution in [2.45, 2.75) is 58.0 Å². The van der Waals surface area contributed by atoms with Crippen LogP contribution in [-0.2, 0) is 11.3 Å². The first-order chi connectivity index (χ1) is 14.1. The van der Waals surface area contributed by atoms with Gasteiger partial charge in [0.25, 0.3) is 0 Å². The van der Waals surface area contributed by atoms with Crippen molar-refractivity contribution in [2.24, 2.45) is 10.9 Å². The van der Waals surface area contributed by atoms with E-state index in [0.717, 1.165) is 56.2 Å². The van der Waals surface area contributed by atoms with Crippen molar-refractivity contribution in [2.75, 3.05) is 26.7 Å². The lowest BCUT2D eigenvalue weighted by Gasteiger charge is -2.26. The molecule has 1 unspecified atom stereocenters. The predicted molar refractivity (Wildman–Crippen MR) is 133 cm³/mol. The first-order valence-electron chi connectivity index (χ1n) is 10.8. The standard InChI is InChI=1S/C22H33ClN4O2.HI/c1-3-24-22(25-14-17-9-10-18(23)13-20(17)29-2)26-19-11-12-27(15-19)21(28)16-7-5-4-6-8-16;/h9-10,13,16,19H,3-8,11-12,14-15H2,1-2H3,(H2,24,25,26);1H. The SMILES string of the molecule is CCNC(=NCc1ccc(Cl)cc1OC)NC1CCN(C(=O)C2CCCCC2)C1.I. The summed E-state index contributed by atoms with van der Waals surface area (Å²) in [5.74, 6) is 2.09. The molecule has 1 saturated carbocycles. The molecule has 1 atom stereocenters. The van der Waals surface area contributed by atoms with Gasteiger partial charge in [-0.3, -0.25) is 4.79 Å². The van der Waals surface area contributed by atoms with Gasteiger partial charge in [0.05, 0.1) is 13.7 Å². The molecule has 1 saturated heterocycles. The van der Waals surface area contributed by atoms with Crippen molar-refractivity contribution >= 4 is 47.4 Å². The van der Waals surface area contributed by atoms with Crippen LogP contribution in [0.15, 0.2) is 23.2 Å². The summed E-state index contributed by atoms with van der Waals surface area (Å²) in [6.07, 6.45) is 6.72. The summed E-state index contributed by atoms with van der Waals surface area (Å²) < 4.78 is 5.41. The van der Waals surface area contributed by atoms with E-state index in [9.17, 15) is 4.79 Å². The van der Waals surface area contributed by atoms with Crippen LogP contribution in [0.3, 0.4) is 0 Å². The Morgan fingerprint density at radius 3 is 2.73 bits per heavy atom. The number of aliphatic imine (C=N–C) groups is 1. The van der Waals surface area contributed by atoms with Crippen LogP contribution >= 0.6 is 35.6 Å². The number of hydrogen-bond acceptors (Lipinski definition) is 3. The minimum atomic E-state index is 0. The van der Waals surface area contributed by atoms with E-state index in [2.05, 4.69) is 10.6 Å². The zero-order chi connectivity index (χ0) is 20.6. The van der Waals surface area contributed by atoms with Crippen LogP contribution in [0.1, 0.15) is 51.0 Å². The van der Waals surface area contributed by atoms with Gasteiger partial charge in [0.2, 0.25) is 5.91 Å². The maximum atomic E-state index is 12.8. The normalized spacial score (nSPS) is 19.9. The summed E-state index contributed by atoms with van der Waals surface area (Å²) in [7, 11) is 1.64. The number of rotatable bonds is 6. The third kappa shape index (κ3) is 6.90. The molecule has 2 aliphatic rings. The van der Waals surface area contributed by atoms with Gasteiger partial charge >= 0.3 is 0 Å². The average Bonchev–Trinajstić information content (AvgIpc) is 3.21. The fraction of sp³-hybridized carbons (Fsp3) is 0.636. The van der Waals surface area contributed by atoms with E-state index in [-0.39, 0.29) is 35.9 Å². The number of carbonyl (C=O) groups excluding carboxylic acids is 1. The molecular weight excluding hydrogens is 515 g/mol. The highest BCUT2D eigenvalue weighted by molar-refractivity contribution is 14.0. The number of amides is 1. The summed E-state index contributed by atoms with van der Waals surface area (Å²) in [6, 6.07) is 5.82. The number of nitrogens with zero attached hydrogens (tertiary/aromatic N) is 2. The Morgan fingerprint density at radius 1 is 1.27 bits per heavy atom. The molecular formula is C22H34ClIN4O2. The molecule has 0 radical (unpaired) electrons. The number of guanidine groups is 1. The van der Waals surface area contributed by atoms with Gasteiger partial charge < -0.3 is 20.3 Å². The molecule has 0 bridgehead atoms. The van der Waals surface area contributed by atoms with Crippen LogP contribution in [0.4, 0.5) is 0 Å². The van der Waals surface area contributed by atoms with Crippen LogP contribution in [0.2, 0.25) is 5.02 Å². The maximum Gasteiger partial charge on any atom is 0.225 e. The molecule has 1 aliphatic carbocycles. The van der Waals surface area contributed by atoms with E-state index < -0.39 is 0 Å². The Kier molecular flexibility index (Phi) is 10.5. The zero-order valence-electron chi connectivity index (χ0n) is 18.0. The van der Waals surface area contributed by atoms with Crippen LogP contribution in [0.5, 0.6) is 5.75 Å². The topological polar surface area (TPSA) is 66.0 Å². The highest BCUT2D eigenvalue weighted by Crippen LogP contribution is 2.27. The molecule has 3 rings (SSSR count). The van der Waals surface area contributed by atoms with Gasteiger partial charge in [0, 0.05) is 42.2 Å². The van der Waals surface area contributed by atoms with Gasteiger partial charge in [-0.1, -0.05) is 36.9 Å². The lowest BCUT2D eigenvalue weighted by molar-refractivity contribution is -0.135. The molecule has 1 heterocycles. The largest absolute Gasteiger partial charge is 0.496 e. The Morgan fingerprint density at radius 2 is 2.03 bits per heavy atom. The summed E-state index contributed by atoms with van der Waals surface area (Å²) in [6.45, 7) is 4.91. The predicted octanol–water partition coefficient (Wildman–Crippen LogP) is 4.20. The van der Waals surface area contributed by atoms with Gasteiger partial charge in [-0.05, 0) is 38.3 Å². The Hall–Kier alpha value is -1.22. The number of likely N-dealkylation sites (tertiary alicyclic amines) is 1. The smallest absolute Gasteiger partial charge is 0.225 e. The second-order valence-electron chi connectivity index (χ2n) is 7.90. The zero-order valence-corrected chi connectivity index (χ0v) is 21.0. The minimum absolute atomic E-state index is 0. The lowest BCUT2D eigenvalue weighted by atomic mass is 9.88. The Bertz CT molecular complexity index is 725. The molecule has 2 N–H and O–H groups in total. The Labute approximate surface area is 202 Å². The third-order valence-corrected chi connectivity index (χ3v) is 6.03. The molecule has 1 aromatic rings. The molecule has 0 spiro atoms. The fourth-order valence-electron chi connectivity index (χ4n) is 4.21. The highest BCUT2D eigenvalue weighted by Gasteiger charge is 2.31. The third-order valence-electron chi connectivity index (χ3n) is 5.80. The van der Waals surface area contributed by atoms with Crippen molar-refractivity contribution in [3.8, 4) is 5.75 Å². The summed E-state index contributed by atoms with van der Waals surface area (Å²) in [5, 5.41) is 7.45. The van der Waals surface area contributed by atoms with E-state index >= 15 is 0 Å². The first-order valence-corrected chi connectivity index (χ1v) is 11.1. The molecule has 1 amide bonds. The van der Waals surface area contributed by atoms with E-state index in [1.165, 1.54) is 19.3 Å². The van der Waals surface area contributed by atoms with E-state index in [1.807, 2.05) is 24.0 Å². The van der Waals surface area contributed by atoms with Gasteiger partial charge in [-0.25, -0.2) is 4.99 Å². The van der Waals surface area contributed by atoms with Crippen LogP contribution < -0.4 is 15.4 Å². The summed E-state index contributed by atoms with van der Waals surface area (Å²) >= 11 is 6.04. The molecule has 0 aromatic heterocycles. The number of ether oxygens (including phenoxy) is 1. The summed E-state index contributed by atoms with van der Waals surface area (Å²) in [4.78, 5) is 19.5. The molecule has 6 nitrogen and oxygen atoms in total. The van der Waals surface area contributed by atoms with Gasteiger partial charge in [-0.2, -0.15) is 0 Å². The number of benzene rings is 1. The summed E-state index contributed by atoms with van der Waals surface area (Å²) in [5.41, 5.74) is 0.981. The fourth-order valence-corrected chi connectivity index (χ4v) is 4.37. The molecule has 1 aliphatic heterocycles. The molecule has 2 fully saturated rings. The molecule has 1 aromatic carbocycles. The monoisotopic (exact) mass is 548 g/mol. The van der Waals surface area contributed by atoms with Crippen molar-refractivity contribution < 1.29 is 9.53 Å².